The number of aryl methyl sites for hydroxylation is 3. The Balaban J connectivity index is 1.37. The van der Waals surface area contributed by atoms with Crippen LogP contribution in [0.25, 0.3) is 0 Å². The van der Waals surface area contributed by atoms with Crippen LogP contribution >= 0.6 is 0 Å². The van der Waals surface area contributed by atoms with Crippen molar-refractivity contribution in [2.24, 2.45) is 18.9 Å². The summed E-state index contributed by atoms with van der Waals surface area (Å²) in [5.74, 6) is 1.70. The Morgan fingerprint density at radius 1 is 0.952 bits per heavy atom. The highest BCUT2D eigenvalue weighted by molar-refractivity contribution is 5.94. The number of likely N-dealkylation sites (tertiary alicyclic amines) is 1. The zero-order valence-electron chi connectivity index (χ0n) is 24.9. The average molecular weight is 579 g/mol. The third-order valence-electron chi connectivity index (χ3n) is 9.00. The Kier molecular flexibility index (Phi) is 9.18. The topological polar surface area (TPSA) is 110 Å². The predicted octanol–water partition coefficient (Wildman–Crippen LogP) is 2.56. The number of benzene rings is 1. The Labute approximate surface area is 247 Å². The molecule has 3 aliphatic rings. The van der Waals surface area contributed by atoms with Gasteiger partial charge in [0, 0.05) is 64.4 Å². The van der Waals surface area contributed by atoms with E-state index in [-0.39, 0.29) is 41.2 Å². The first-order chi connectivity index (χ1) is 20.3. The van der Waals surface area contributed by atoms with Crippen molar-refractivity contribution in [3.63, 3.8) is 0 Å². The van der Waals surface area contributed by atoms with Gasteiger partial charge in [0.1, 0.15) is 0 Å². The molecule has 4 bridgehead atoms. The molecule has 2 fully saturated rings. The summed E-state index contributed by atoms with van der Waals surface area (Å²) in [6.45, 7) is 2.31. The van der Waals surface area contributed by atoms with E-state index < -0.39 is 0 Å². The molecule has 0 aliphatic carbocycles. The molecule has 226 valence electrons. The lowest BCUT2D eigenvalue weighted by atomic mass is 9.77. The molecule has 2 saturated heterocycles. The van der Waals surface area contributed by atoms with Crippen LogP contribution < -0.4 is 20.3 Å². The molecule has 10 heteroatoms. The number of rotatable bonds is 3. The number of hydrogen-bond donors (Lipinski definition) is 1. The molecule has 3 aliphatic heterocycles. The van der Waals surface area contributed by atoms with E-state index in [1.165, 1.54) is 10.6 Å². The summed E-state index contributed by atoms with van der Waals surface area (Å²) in [7, 11) is 4.89. The van der Waals surface area contributed by atoms with E-state index in [9.17, 15) is 19.2 Å². The van der Waals surface area contributed by atoms with Gasteiger partial charge in [-0.15, -0.1) is 0 Å². The van der Waals surface area contributed by atoms with Crippen molar-refractivity contribution in [2.45, 2.75) is 57.4 Å². The lowest BCUT2D eigenvalue weighted by Gasteiger charge is -2.51. The second kappa shape index (κ2) is 13.0. The standard InChI is InChI=1S/C32H42N4O6/c1-34-19-24(10-12-29(34)38)32(40)35-17-22-15-25(20-35)26-7-4-8-28(37)33-13-5-6-23-14-21(9-11-30(39)36(26)18-22)16-27(41-2)31(23)42-3/h10,12,14,16,19,22,25-26H,4-9,11,13,15,17-18,20H2,1-3H3,(H,33,37)/t22-,25+,26-/m0/s1. The molecule has 3 amide bonds. The number of carbonyl (C=O) groups is 3. The zero-order chi connectivity index (χ0) is 29.8. The number of ether oxygens (including phenoxy) is 2. The van der Waals surface area contributed by atoms with Crippen LogP contribution in [0.15, 0.2) is 35.3 Å². The Morgan fingerprint density at radius 2 is 1.79 bits per heavy atom. The number of carbonyl (C=O) groups excluding carboxylic acids is 3. The van der Waals surface area contributed by atoms with E-state index in [0.717, 1.165) is 36.8 Å². The smallest absolute Gasteiger partial charge is 0.255 e. The van der Waals surface area contributed by atoms with E-state index in [2.05, 4.69) is 11.4 Å². The van der Waals surface area contributed by atoms with Crippen molar-refractivity contribution in [2.75, 3.05) is 40.4 Å². The first-order valence-electron chi connectivity index (χ1n) is 15.0. The van der Waals surface area contributed by atoms with E-state index >= 15 is 0 Å². The number of hydrogen-bond acceptors (Lipinski definition) is 6. The van der Waals surface area contributed by atoms with Gasteiger partial charge in [-0.3, -0.25) is 19.2 Å². The fourth-order valence-electron chi connectivity index (χ4n) is 6.97. The molecule has 42 heavy (non-hydrogen) atoms. The molecule has 5 rings (SSSR count). The summed E-state index contributed by atoms with van der Waals surface area (Å²) in [5, 5.41) is 3.04. The zero-order valence-corrected chi connectivity index (χ0v) is 24.9. The summed E-state index contributed by atoms with van der Waals surface area (Å²) >= 11 is 0. The number of piperidine rings is 2. The highest BCUT2D eigenvalue weighted by Gasteiger charge is 2.43. The molecule has 2 aromatic rings. The van der Waals surface area contributed by atoms with Crippen molar-refractivity contribution >= 4 is 17.7 Å². The second-order valence-electron chi connectivity index (χ2n) is 11.9. The third kappa shape index (κ3) is 6.47. The average Bonchev–Trinajstić information content (AvgIpc) is 2.99. The monoisotopic (exact) mass is 578 g/mol. The summed E-state index contributed by atoms with van der Waals surface area (Å²) < 4.78 is 12.7. The van der Waals surface area contributed by atoms with Crippen LogP contribution in [-0.4, -0.2) is 78.5 Å². The van der Waals surface area contributed by atoms with Gasteiger partial charge in [0.2, 0.25) is 17.4 Å². The van der Waals surface area contributed by atoms with Crippen molar-refractivity contribution in [1.82, 2.24) is 19.7 Å². The van der Waals surface area contributed by atoms with Gasteiger partial charge >= 0.3 is 0 Å². The summed E-state index contributed by atoms with van der Waals surface area (Å²) in [6.07, 6.45) is 6.83. The minimum absolute atomic E-state index is 0.0158. The van der Waals surface area contributed by atoms with Crippen molar-refractivity contribution in [3.05, 3.63) is 57.5 Å². The maximum absolute atomic E-state index is 13.8. The largest absolute Gasteiger partial charge is 0.493 e. The quantitative estimate of drug-likeness (QED) is 0.600. The van der Waals surface area contributed by atoms with Crippen molar-refractivity contribution in [3.8, 4) is 11.5 Å². The molecule has 0 radical (unpaired) electrons. The molecule has 3 atom stereocenters. The maximum atomic E-state index is 13.8. The fraction of sp³-hybridized carbons (Fsp3) is 0.562. The van der Waals surface area contributed by atoms with Crippen LogP contribution in [0.2, 0.25) is 0 Å². The normalized spacial score (nSPS) is 23.5. The molecule has 1 aromatic heterocycles. The van der Waals surface area contributed by atoms with Gasteiger partial charge in [-0.25, -0.2) is 0 Å². The van der Waals surface area contributed by atoms with Gasteiger partial charge in [-0.2, -0.15) is 0 Å². The number of pyridine rings is 1. The maximum Gasteiger partial charge on any atom is 0.255 e. The summed E-state index contributed by atoms with van der Waals surface area (Å²) in [5.41, 5.74) is 2.37. The number of nitrogens with one attached hydrogen (secondary N) is 1. The van der Waals surface area contributed by atoms with Gasteiger partial charge in [-0.1, -0.05) is 6.07 Å². The first-order valence-corrected chi connectivity index (χ1v) is 15.0. The Bertz CT molecular complexity index is 1390. The molecule has 10 nitrogen and oxygen atoms in total. The van der Waals surface area contributed by atoms with E-state index in [1.54, 1.807) is 33.5 Å². The summed E-state index contributed by atoms with van der Waals surface area (Å²) in [6, 6.07) is 7.02. The Hall–Kier alpha value is -3.82. The lowest BCUT2D eigenvalue weighted by molar-refractivity contribution is -0.140. The predicted molar refractivity (Wildman–Crippen MR) is 158 cm³/mol. The molecule has 1 aromatic carbocycles. The minimum atomic E-state index is -0.157. The lowest BCUT2D eigenvalue weighted by Crippen LogP contribution is -2.60. The molecular formula is C32H42N4O6. The van der Waals surface area contributed by atoms with Crippen LogP contribution in [0.5, 0.6) is 11.5 Å². The van der Waals surface area contributed by atoms with E-state index in [1.807, 2.05) is 15.9 Å². The third-order valence-corrected chi connectivity index (χ3v) is 9.00. The van der Waals surface area contributed by atoms with Gasteiger partial charge in [0.15, 0.2) is 11.5 Å². The van der Waals surface area contributed by atoms with Crippen LogP contribution in [0.1, 0.15) is 60.0 Å². The van der Waals surface area contributed by atoms with Crippen LogP contribution in [0.3, 0.4) is 0 Å². The van der Waals surface area contributed by atoms with Crippen molar-refractivity contribution < 1.29 is 23.9 Å². The van der Waals surface area contributed by atoms with Gasteiger partial charge in [0.25, 0.3) is 5.91 Å². The highest BCUT2D eigenvalue weighted by Crippen LogP contribution is 2.37. The molecule has 0 spiro atoms. The van der Waals surface area contributed by atoms with Crippen LogP contribution in [-0.2, 0) is 29.5 Å². The molecule has 0 unspecified atom stereocenters. The number of nitrogens with zero attached hydrogens (tertiary/aromatic N) is 3. The molecule has 0 saturated carbocycles. The number of fused-ring (bicyclic) bond motifs is 6. The van der Waals surface area contributed by atoms with Gasteiger partial charge < -0.3 is 29.2 Å². The van der Waals surface area contributed by atoms with Crippen LogP contribution in [0, 0.1) is 11.8 Å². The number of methoxy groups -OCH3 is 2. The van der Waals surface area contributed by atoms with Crippen LogP contribution in [0.4, 0.5) is 0 Å². The second-order valence-corrected chi connectivity index (χ2v) is 11.9. The molecule has 4 heterocycles. The van der Waals surface area contributed by atoms with Gasteiger partial charge in [0.05, 0.1) is 19.8 Å². The van der Waals surface area contributed by atoms with E-state index in [4.69, 9.17) is 9.47 Å². The number of aromatic nitrogens is 1. The molecular weight excluding hydrogens is 536 g/mol. The Morgan fingerprint density at radius 3 is 2.55 bits per heavy atom. The fourth-order valence-corrected chi connectivity index (χ4v) is 6.97. The summed E-state index contributed by atoms with van der Waals surface area (Å²) in [4.78, 5) is 55.7. The number of amides is 3. The van der Waals surface area contributed by atoms with E-state index in [0.29, 0.717) is 68.9 Å². The first kappa shape index (κ1) is 29.7. The van der Waals surface area contributed by atoms with Crippen molar-refractivity contribution in [1.29, 1.82) is 0 Å². The SMILES string of the molecule is COc1cc2cc(c1OC)CCCNC(=O)CCC[C@H]1[C@@H]3C[C@@H](CN(C(=O)c4ccc(=O)n(C)c4)C3)CN1C(=O)CC2. The highest BCUT2D eigenvalue weighted by atomic mass is 16.5. The van der Waals surface area contributed by atoms with Gasteiger partial charge in [-0.05, 0) is 73.6 Å². The minimum Gasteiger partial charge on any atom is -0.493 e. The molecule has 1 N–H and O–H groups in total.